The van der Waals surface area contributed by atoms with Gasteiger partial charge in [0.2, 0.25) is 11.8 Å². The van der Waals surface area contributed by atoms with Crippen molar-refractivity contribution in [2.24, 2.45) is 0 Å². The van der Waals surface area contributed by atoms with Crippen molar-refractivity contribution in [1.29, 1.82) is 0 Å². The van der Waals surface area contributed by atoms with Gasteiger partial charge >= 0.3 is 0 Å². The average molecular weight is 275 g/mol. The number of likely N-dealkylation sites (tertiary alicyclic amines) is 1. The van der Waals surface area contributed by atoms with Crippen LogP contribution in [0.15, 0.2) is 30.3 Å². The molecular formula is C15H21N3O2. The summed E-state index contributed by atoms with van der Waals surface area (Å²) < 4.78 is 0. The summed E-state index contributed by atoms with van der Waals surface area (Å²) in [6, 6.07) is 9.20. The molecule has 5 heteroatoms. The van der Waals surface area contributed by atoms with Crippen molar-refractivity contribution in [1.82, 2.24) is 9.80 Å². The van der Waals surface area contributed by atoms with E-state index in [0.29, 0.717) is 0 Å². The lowest BCUT2D eigenvalue weighted by Gasteiger charge is -2.25. The van der Waals surface area contributed by atoms with Crippen LogP contribution >= 0.6 is 0 Å². The second kappa shape index (κ2) is 6.52. The van der Waals surface area contributed by atoms with E-state index in [4.69, 9.17) is 0 Å². The van der Waals surface area contributed by atoms with E-state index in [0.717, 1.165) is 25.1 Å². The Morgan fingerprint density at radius 1 is 1.30 bits per heavy atom. The zero-order chi connectivity index (χ0) is 14.5. The molecule has 1 aliphatic heterocycles. The normalized spacial score (nSPS) is 18.8. The Kier molecular flexibility index (Phi) is 4.74. The first-order valence-electron chi connectivity index (χ1n) is 6.88. The number of para-hydroxylation sites is 1. The molecular weight excluding hydrogens is 254 g/mol. The highest BCUT2D eigenvalue weighted by Crippen LogP contribution is 2.18. The van der Waals surface area contributed by atoms with Crippen molar-refractivity contribution in [2.75, 3.05) is 32.5 Å². The predicted molar refractivity (Wildman–Crippen MR) is 78.4 cm³/mol. The van der Waals surface area contributed by atoms with Gasteiger partial charge in [-0.25, -0.2) is 0 Å². The number of nitrogens with zero attached hydrogens (tertiary/aromatic N) is 2. The molecule has 1 unspecified atom stereocenters. The minimum Gasteiger partial charge on any atom is -0.347 e. The SMILES string of the molecule is CN(C)C(=O)C1CCCN1CC(=O)Nc1ccccc1. The molecule has 1 aliphatic rings. The third kappa shape index (κ3) is 3.57. The summed E-state index contributed by atoms with van der Waals surface area (Å²) in [6.07, 6.45) is 1.79. The van der Waals surface area contributed by atoms with Crippen molar-refractivity contribution in [2.45, 2.75) is 18.9 Å². The van der Waals surface area contributed by atoms with Crippen LogP contribution < -0.4 is 5.32 Å². The number of carbonyl (C=O) groups excluding carboxylic acids is 2. The Morgan fingerprint density at radius 3 is 2.65 bits per heavy atom. The van der Waals surface area contributed by atoms with Gasteiger partial charge in [0.05, 0.1) is 12.6 Å². The number of amides is 2. The molecule has 0 aliphatic carbocycles. The first-order valence-corrected chi connectivity index (χ1v) is 6.88. The molecule has 20 heavy (non-hydrogen) atoms. The summed E-state index contributed by atoms with van der Waals surface area (Å²) in [5.74, 6) is 0.00432. The summed E-state index contributed by atoms with van der Waals surface area (Å²) in [5, 5.41) is 2.85. The van der Waals surface area contributed by atoms with Crippen LogP contribution in [0, 0.1) is 0 Å². The molecule has 2 rings (SSSR count). The lowest BCUT2D eigenvalue weighted by atomic mass is 10.2. The number of anilines is 1. The van der Waals surface area contributed by atoms with Crippen LogP contribution in [0.2, 0.25) is 0 Å². The number of hydrogen-bond donors (Lipinski definition) is 1. The molecule has 1 fully saturated rings. The van der Waals surface area contributed by atoms with Crippen molar-refractivity contribution in [3.8, 4) is 0 Å². The van der Waals surface area contributed by atoms with Crippen LogP contribution in [-0.2, 0) is 9.59 Å². The summed E-state index contributed by atoms with van der Waals surface area (Å²) >= 11 is 0. The quantitative estimate of drug-likeness (QED) is 0.897. The largest absolute Gasteiger partial charge is 0.347 e. The molecule has 1 heterocycles. The first kappa shape index (κ1) is 14.5. The van der Waals surface area contributed by atoms with Gasteiger partial charge in [-0.15, -0.1) is 0 Å². The van der Waals surface area contributed by atoms with Gasteiger partial charge in [0.1, 0.15) is 0 Å². The van der Waals surface area contributed by atoms with Crippen LogP contribution in [-0.4, -0.2) is 54.8 Å². The molecule has 1 aromatic carbocycles. The van der Waals surface area contributed by atoms with Gasteiger partial charge in [0, 0.05) is 19.8 Å². The van der Waals surface area contributed by atoms with Crippen LogP contribution in [0.5, 0.6) is 0 Å². The van der Waals surface area contributed by atoms with E-state index in [9.17, 15) is 9.59 Å². The lowest BCUT2D eigenvalue weighted by Crippen LogP contribution is -2.45. The Morgan fingerprint density at radius 2 is 2.00 bits per heavy atom. The maximum atomic E-state index is 12.0. The van der Waals surface area contributed by atoms with Crippen LogP contribution in [0.25, 0.3) is 0 Å². The molecule has 1 atom stereocenters. The minimum atomic E-state index is -0.161. The maximum absolute atomic E-state index is 12.0. The molecule has 1 N–H and O–H groups in total. The second-order valence-electron chi connectivity index (χ2n) is 5.28. The fourth-order valence-corrected chi connectivity index (χ4v) is 2.50. The first-order chi connectivity index (χ1) is 9.58. The van der Waals surface area contributed by atoms with Crippen molar-refractivity contribution in [3.63, 3.8) is 0 Å². The van der Waals surface area contributed by atoms with E-state index in [1.165, 1.54) is 0 Å². The minimum absolute atomic E-state index is 0.0744. The number of nitrogens with one attached hydrogen (secondary N) is 1. The highest BCUT2D eigenvalue weighted by molar-refractivity contribution is 5.93. The van der Waals surface area contributed by atoms with Gasteiger partial charge in [0.25, 0.3) is 0 Å². The van der Waals surface area contributed by atoms with E-state index in [1.54, 1.807) is 19.0 Å². The van der Waals surface area contributed by atoms with Crippen LogP contribution in [0.1, 0.15) is 12.8 Å². The topological polar surface area (TPSA) is 52.7 Å². The Balaban J connectivity index is 1.92. The van der Waals surface area contributed by atoms with E-state index >= 15 is 0 Å². The second-order valence-corrected chi connectivity index (χ2v) is 5.28. The fraction of sp³-hybridized carbons (Fsp3) is 0.467. The fourth-order valence-electron chi connectivity index (χ4n) is 2.50. The van der Waals surface area contributed by atoms with Crippen molar-refractivity contribution < 1.29 is 9.59 Å². The summed E-state index contributed by atoms with van der Waals surface area (Å²) in [6.45, 7) is 1.06. The zero-order valence-corrected chi connectivity index (χ0v) is 12.0. The summed E-state index contributed by atoms with van der Waals surface area (Å²) in [4.78, 5) is 27.6. The van der Waals surface area contributed by atoms with Gasteiger partial charge in [0.15, 0.2) is 0 Å². The smallest absolute Gasteiger partial charge is 0.239 e. The molecule has 5 nitrogen and oxygen atoms in total. The van der Waals surface area contributed by atoms with Crippen LogP contribution in [0.3, 0.4) is 0 Å². The highest BCUT2D eigenvalue weighted by Gasteiger charge is 2.32. The molecule has 0 saturated carbocycles. The number of hydrogen-bond acceptors (Lipinski definition) is 3. The maximum Gasteiger partial charge on any atom is 0.239 e. The van der Waals surface area contributed by atoms with Crippen LogP contribution in [0.4, 0.5) is 5.69 Å². The average Bonchev–Trinajstić information content (AvgIpc) is 2.86. The molecule has 0 radical (unpaired) electrons. The molecule has 1 aromatic rings. The molecule has 0 spiro atoms. The van der Waals surface area contributed by atoms with E-state index in [1.807, 2.05) is 35.2 Å². The molecule has 108 valence electrons. The molecule has 1 saturated heterocycles. The van der Waals surface area contributed by atoms with E-state index in [2.05, 4.69) is 5.32 Å². The Labute approximate surface area is 119 Å². The summed E-state index contributed by atoms with van der Waals surface area (Å²) in [5.41, 5.74) is 0.784. The van der Waals surface area contributed by atoms with Gasteiger partial charge in [-0.05, 0) is 31.5 Å². The third-order valence-corrected chi connectivity index (χ3v) is 3.49. The number of likely N-dealkylation sites (N-methyl/N-ethyl adjacent to an activating group) is 1. The molecule has 2 amide bonds. The number of carbonyl (C=O) groups is 2. The monoisotopic (exact) mass is 275 g/mol. The van der Waals surface area contributed by atoms with Gasteiger partial charge in [-0.2, -0.15) is 0 Å². The predicted octanol–water partition coefficient (Wildman–Crippen LogP) is 1.18. The summed E-state index contributed by atoms with van der Waals surface area (Å²) in [7, 11) is 3.51. The zero-order valence-electron chi connectivity index (χ0n) is 12.0. The molecule has 0 aromatic heterocycles. The van der Waals surface area contributed by atoms with E-state index < -0.39 is 0 Å². The Hall–Kier alpha value is -1.88. The van der Waals surface area contributed by atoms with E-state index in [-0.39, 0.29) is 24.4 Å². The van der Waals surface area contributed by atoms with Crippen molar-refractivity contribution in [3.05, 3.63) is 30.3 Å². The van der Waals surface area contributed by atoms with Gasteiger partial charge in [-0.1, -0.05) is 18.2 Å². The van der Waals surface area contributed by atoms with Gasteiger partial charge in [-0.3, -0.25) is 14.5 Å². The number of benzene rings is 1. The standard InChI is InChI=1S/C15H21N3O2/c1-17(2)15(20)13-9-6-10-18(13)11-14(19)16-12-7-4-3-5-8-12/h3-5,7-8,13H,6,9-11H2,1-2H3,(H,16,19). The lowest BCUT2D eigenvalue weighted by molar-refractivity contribution is -0.133. The molecule has 0 bridgehead atoms. The van der Waals surface area contributed by atoms with Crippen molar-refractivity contribution >= 4 is 17.5 Å². The van der Waals surface area contributed by atoms with Gasteiger partial charge < -0.3 is 10.2 Å². The third-order valence-electron chi connectivity index (χ3n) is 3.49. The highest BCUT2D eigenvalue weighted by atomic mass is 16.2. The number of rotatable bonds is 4. The Bertz CT molecular complexity index is 473.